The average molecular weight is 219 g/mol. The lowest BCUT2D eigenvalue weighted by Gasteiger charge is -2.13. The first-order valence-electron chi connectivity index (χ1n) is 4.95. The highest BCUT2D eigenvalue weighted by atomic mass is 16.5. The number of hydrogen-bond acceptors (Lipinski definition) is 4. The Bertz CT molecular complexity index is 443. The van der Waals surface area contributed by atoms with Gasteiger partial charge in [0.25, 0.3) is 5.91 Å². The highest BCUT2D eigenvalue weighted by molar-refractivity contribution is 6.14. The number of benzene rings is 1. The van der Waals surface area contributed by atoms with Crippen molar-refractivity contribution < 1.29 is 9.53 Å². The van der Waals surface area contributed by atoms with Gasteiger partial charge in [-0.1, -0.05) is 12.1 Å². The summed E-state index contributed by atoms with van der Waals surface area (Å²) in [5, 5.41) is 5.52. The minimum absolute atomic E-state index is 0.0787. The molecule has 5 nitrogen and oxygen atoms in total. The first kappa shape index (κ1) is 10.6. The number of nitrogens with two attached hydrogens (primary N) is 1. The molecule has 0 radical (unpaired) electrons. The summed E-state index contributed by atoms with van der Waals surface area (Å²) in [6.45, 7) is 0.370. The van der Waals surface area contributed by atoms with Crippen LogP contribution in [-0.4, -0.2) is 25.3 Å². The van der Waals surface area contributed by atoms with Crippen molar-refractivity contribution in [1.82, 2.24) is 0 Å². The molecule has 84 valence electrons. The molecule has 0 bridgehead atoms. The molecule has 0 fully saturated rings. The standard InChI is InChI=1S/C11H13N3O2/c1-16-7-8-6-11(15)14(13-8)10-5-3-2-4-9(10)12/h2-5H,6-7,12H2,1H3. The third-order valence-electron chi connectivity index (χ3n) is 2.31. The highest BCUT2D eigenvalue weighted by Gasteiger charge is 2.25. The number of rotatable bonds is 3. The van der Waals surface area contributed by atoms with Crippen molar-refractivity contribution in [3.8, 4) is 0 Å². The summed E-state index contributed by atoms with van der Waals surface area (Å²) in [5.41, 5.74) is 7.67. The predicted molar refractivity (Wildman–Crippen MR) is 62.3 cm³/mol. The van der Waals surface area contributed by atoms with Crippen LogP contribution in [0, 0.1) is 0 Å². The van der Waals surface area contributed by atoms with Crippen molar-refractivity contribution >= 4 is 23.0 Å². The van der Waals surface area contributed by atoms with Crippen LogP contribution in [0.1, 0.15) is 6.42 Å². The molecular weight excluding hydrogens is 206 g/mol. The van der Waals surface area contributed by atoms with Gasteiger partial charge >= 0.3 is 0 Å². The lowest BCUT2D eigenvalue weighted by molar-refractivity contribution is -0.116. The molecule has 1 heterocycles. The number of nitrogen functional groups attached to an aromatic ring is 1. The number of carbonyl (C=O) groups is 1. The van der Waals surface area contributed by atoms with Crippen LogP contribution >= 0.6 is 0 Å². The van der Waals surface area contributed by atoms with E-state index in [-0.39, 0.29) is 5.91 Å². The number of anilines is 2. The van der Waals surface area contributed by atoms with Crippen LogP contribution in [-0.2, 0) is 9.53 Å². The van der Waals surface area contributed by atoms with E-state index >= 15 is 0 Å². The first-order chi connectivity index (χ1) is 7.72. The van der Waals surface area contributed by atoms with Gasteiger partial charge in [-0.25, -0.2) is 0 Å². The maximum absolute atomic E-state index is 11.7. The molecule has 1 aromatic rings. The number of carbonyl (C=O) groups excluding carboxylic acids is 1. The second-order valence-electron chi connectivity index (χ2n) is 3.54. The summed E-state index contributed by atoms with van der Waals surface area (Å²) in [6.07, 6.45) is 0.294. The molecule has 0 aliphatic carbocycles. The van der Waals surface area contributed by atoms with Gasteiger partial charge in [-0.3, -0.25) is 4.79 Å². The minimum Gasteiger partial charge on any atom is -0.397 e. The van der Waals surface area contributed by atoms with E-state index in [2.05, 4.69) is 5.10 Å². The normalized spacial score (nSPS) is 15.4. The van der Waals surface area contributed by atoms with Gasteiger partial charge in [-0.05, 0) is 12.1 Å². The smallest absolute Gasteiger partial charge is 0.253 e. The van der Waals surface area contributed by atoms with E-state index in [1.165, 1.54) is 5.01 Å². The molecule has 0 unspecified atom stereocenters. The zero-order valence-corrected chi connectivity index (χ0v) is 9.01. The van der Waals surface area contributed by atoms with E-state index in [0.29, 0.717) is 24.4 Å². The Morgan fingerprint density at radius 1 is 1.50 bits per heavy atom. The minimum atomic E-state index is -0.0787. The van der Waals surface area contributed by atoms with Gasteiger partial charge in [-0.15, -0.1) is 0 Å². The number of ether oxygens (including phenoxy) is 1. The van der Waals surface area contributed by atoms with Gasteiger partial charge in [0.2, 0.25) is 0 Å². The summed E-state index contributed by atoms with van der Waals surface area (Å²) < 4.78 is 4.95. The molecule has 2 N–H and O–H groups in total. The fourth-order valence-corrected chi connectivity index (χ4v) is 1.60. The molecule has 2 rings (SSSR count). The Kier molecular flexibility index (Phi) is 2.87. The van der Waals surface area contributed by atoms with Crippen molar-refractivity contribution in [2.24, 2.45) is 5.10 Å². The number of hydrazone groups is 1. The van der Waals surface area contributed by atoms with Gasteiger partial charge < -0.3 is 10.5 Å². The van der Waals surface area contributed by atoms with Crippen LogP contribution in [0.25, 0.3) is 0 Å². The maximum atomic E-state index is 11.7. The molecule has 1 amide bonds. The molecule has 0 aromatic heterocycles. The van der Waals surface area contributed by atoms with Gasteiger partial charge in [-0.2, -0.15) is 10.1 Å². The molecule has 0 atom stereocenters. The van der Waals surface area contributed by atoms with Crippen LogP contribution in [0.15, 0.2) is 29.4 Å². The third-order valence-corrected chi connectivity index (χ3v) is 2.31. The molecule has 1 aromatic carbocycles. The Morgan fingerprint density at radius 3 is 2.94 bits per heavy atom. The Labute approximate surface area is 93.5 Å². The van der Waals surface area contributed by atoms with E-state index in [4.69, 9.17) is 10.5 Å². The van der Waals surface area contributed by atoms with Gasteiger partial charge in [0.1, 0.15) is 0 Å². The molecule has 5 heteroatoms. The lowest BCUT2D eigenvalue weighted by Crippen LogP contribution is -2.20. The zero-order chi connectivity index (χ0) is 11.5. The second kappa shape index (κ2) is 4.32. The summed E-state index contributed by atoms with van der Waals surface area (Å²) in [6, 6.07) is 7.15. The molecule has 1 aliphatic rings. The Balaban J connectivity index is 2.28. The third kappa shape index (κ3) is 1.90. The number of para-hydroxylation sites is 2. The topological polar surface area (TPSA) is 67.9 Å². The number of hydrogen-bond donors (Lipinski definition) is 1. The number of nitrogens with zero attached hydrogens (tertiary/aromatic N) is 2. The number of methoxy groups -OCH3 is 1. The maximum Gasteiger partial charge on any atom is 0.253 e. The fraction of sp³-hybridized carbons (Fsp3) is 0.273. The summed E-state index contributed by atoms with van der Waals surface area (Å²) in [5.74, 6) is -0.0787. The SMILES string of the molecule is COCC1=NN(c2ccccc2N)C(=O)C1. The second-order valence-corrected chi connectivity index (χ2v) is 3.54. The Hall–Kier alpha value is -1.88. The Morgan fingerprint density at radius 2 is 2.25 bits per heavy atom. The lowest BCUT2D eigenvalue weighted by atomic mass is 10.2. The first-order valence-corrected chi connectivity index (χ1v) is 4.95. The average Bonchev–Trinajstić information content (AvgIpc) is 2.61. The van der Waals surface area contributed by atoms with Crippen molar-refractivity contribution in [2.45, 2.75) is 6.42 Å². The predicted octanol–water partition coefficient (Wildman–Crippen LogP) is 1.01. The van der Waals surface area contributed by atoms with Crippen molar-refractivity contribution in [2.75, 3.05) is 24.5 Å². The molecular formula is C11H13N3O2. The van der Waals surface area contributed by atoms with Crippen LogP contribution in [0.3, 0.4) is 0 Å². The number of amides is 1. The van der Waals surface area contributed by atoms with Gasteiger partial charge in [0.15, 0.2) is 0 Å². The molecule has 0 spiro atoms. The molecule has 0 saturated carbocycles. The van der Waals surface area contributed by atoms with E-state index in [9.17, 15) is 4.79 Å². The van der Waals surface area contributed by atoms with Crippen molar-refractivity contribution in [3.05, 3.63) is 24.3 Å². The fourth-order valence-electron chi connectivity index (χ4n) is 1.60. The molecule has 16 heavy (non-hydrogen) atoms. The van der Waals surface area contributed by atoms with Gasteiger partial charge in [0.05, 0.1) is 30.1 Å². The van der Waals surface area contributed by atoms with Gasteiger partial charge in [0, 0.05) is 7.11 Å². The molecule has 1 aliphatic heterocycles. The molecule has 0 saturated heterocycles. The van der Waals surface area contributed by atoms with Crippen molar-refractivity contribution in [1.29, 1.82) is 0 Å². The summed E-state index contributed by atoms with van der Waals surface area (Å²) in [4.78, 5) is 11.7. The monoisotopic (exact) mass is 219 g/mol. The largest absolute Gasteiger partial charge is 0.397 e. The van der Waals surface area contributed by atoms with Crippen LogP contribution in [0.5, 0.6) is 0 Å². The van der Waals surface area contributed by atoms with E-state index < -0.39 is 0 Å². The van der Waals surface area contributed by atoms with E-state index in [0.717, 1.165) is 5.71 Å². The summed E-state index contributed by atoms with van der Waals surface area (Å²) in [7, 11) is 1.58. The van der Waals surface area contributed by atoms with E-state index in [1.54, 1.807) is 19.2 Å². The van der Waals surface area contributed by atoms with Crippen LogP contribution < -0.4 is 10.7 Å². The zero-order valence-electron chi connectivity index (χ0n) is 9.01. The van der Waals surface area contributed by atoms with Crippen LogP contribution in [0.2, 0.25) is 0 Å². The van der Waals surface area contributed by atoms with Crippen LogP contribution in [0.4, 0.5) is 11.4 Å². The van der Waals surface area contributed by atoms with E-state index in [1.807, 2.05) is 12.1 Å². The summed E-state index contributed by atoms with van der Waals surface area (Å²) >= 11 is 0. The quantitative estimate of drug-likeness (QED) is 0.771. The highest BCUT2D eigenvalue weighted by Crippen LogP contribution is 2.26. The van der Waals surface area contributed by atoms with Crippen molar-refractivity contribution in [3.63, 3.8) is 0 Å².